The molecule has 4 rings (SSSR count). The molecule has 0 spiro atoms. The number of hydrogen-bond donors (Lipinski definition) is 0. The number of aromatic nitrogens is 4. The minimum atomic E-state index is -0.298. The Labute approximate surface area is 188 Å². The Balaban J connectivity index is 1.42. The topological polar surface area (TPSA) is 52.8 Å². The van der Waals surface area contributed by atoms with Crippen molar-refractivity contribution in [3.05, 3.63) is 89.5 Å². The highest BCUT2D eigenvalue weighted by molar-refractivity contribution is 7.98. The molecule has 0 aliphatic rings. The molecule has 0 fully saturated rings. The van der Waals surface area contributed by atoms with Crippen LogP contribution in [0.25, 0.3) is 10.6 Å². The van der Waals surface area contributed by atoms with Gasteiger partial charge < -0.3 is 4.74 Å². The Hall–Kier alpha value is -2.97. The molecule has 0 aliphatic heterocycles. The van der Waals surface area contributed by atoms with Crippen LogP contribution in [-0.4, -0.2) is 19.7 Å². The van der Waals surface area contributed by atoms with E-state index in [9.17, 15) is 4.39 Å². The second-order valence-electron chi connectivity index (χ2n) is 6.84. The molecule has 0 saturated carbocycles. The van der Waals surface area contributed by atoms with Crippen LogP contribution in [0.3, 0.4) is 0 Å². The molecule has 0 N–H and O–H groups in total. The van der Waals surface area contributed by atoms with Gasteiger partial charge in [-0.25, -0.2) is 9.37 Å². The van der Waals surface area contributed by atoms with Crippen molar-refractivity contribution < 1.29 is 9.13 Å². The Kier molecular flexibility index (Phi) is 6.79. The average Bonchev–Trinajstić information content (AvgIpc) is 3.39. The number of aryl methyl sites for hydroxylation is 1. The molecule has 0 amide bonds. The second kappa shape index (κ2) is 9.89. The van der Waals surface area contributed by atoms with Crippen molar-refractivity contribution in [1.29, 1.82) is 0 Å². The summed E-state index contributed by atoms with van der Waals surface area (Å²) in [5.74, 6) is 1.66. The molecule has 0 aliphatic carbocycles. The molecule has 0 saturated heterocycles. The number of allylic oxidation sites excluding steroid dienone is 1. The zero-order valence-electron chi connectivity index (χ0n) is 17.0. The summed E-state index contributed by atoms with van der Waals surface area (Å²) in [5.41, 5.74) is 3.36. The lowest BCUT2D eigenvalue weighted by Gasteiger charge is -2.09. The van der Waals surface area contributed by atoms with Crippen molar-refractivity contribution >= 4 is 23.1 Å². The van der Waals surface area contributed by atoms with Gasteiger partial charge in [0.25, 0.3) is 0 Å². The molecule has 0 unspecified atom stereocenters. The van der Waals surface area contributed by atoms with Crippen LogP contribution in [0.1, 0.15) is 17.1 Å². The van der Waals surface area contributed by atoms with Crippen LogP contribution in [0, 0.1) is 12.7 Å². The summed E-state index contributed by atoms with van der Waals surface area (Å²) in [6.45, 7) is 6.72. The van der Waals surface area contributed by atoms with Crippen molar-refractivity contribution in [3.8, 4) is 16.3 Å². The quantitative estimate of drug-likeness (QED) is 0.234. The predicted molar refractivity (Wildman–Crippen MR) is 123 cm³/mol. The Morgan fingerprint density at radius 1 is 1.19 bits per heavy atom. The van der Waals surface area contributed by atoms with E-state index in [0.29, 0.717) is 23.9 Å². The van der Waals surface area contributed by atoms with Crippen molar-refractivity contribution in [2.24, 2.45) is 0 Å². The van der Waals surface area contributed by atoms with Crippen LogP contribution in [-0.2, 0) is 18.9 Å². The molecule has 0 bridgehead atoms. The summed E-state index contributed by atoms with van der Waals surface area (Å²) < 4.78 is 20.8. The number of ether oxygens (including phenoxy) is 1. The first-order valence-corrected chi connectivity index (χ1v) is 11.5. The van der Waals surface area contributed by atoms with Crippen molar-refractivity contribution in [3.63, 3.8) is 0 Å². The highest BCUT2D eigenvalue weighted by atomic mass is 32.2. The first-order valence-electron chi connectivity index (χ1n) is 9.68. The van der Waals surface area contributed by atoms with E-state index < -0.39 is 0 Å². The van der Waals surface area contributed by atoms with E-state index in [1.165, 1.54) is 17.7 Å². The van der Waals surface area contributed by atoms with Gasteiger partial charge in [0.2, 0.25) is 0 Å². The predicted octanol–water partition coefficient (Wildman–Crippen LogP) is 5.91. The molecule has 0 radical (unpaired) electrons. The number of thiazole rings is 1. The maximum absolute atomic E-state index is 13.1. The van der Waals surface area contributed by atoms with Crippen LogP contribution in [0.4, 0.5) is 4.39 Å². The fraction of sp³-hybridized carbons (Fsp3) is 0.174. The largest absolute Gasteiger partial charge is 0.486 e. The number of halogens is 1. The molecule has 31 heavy (non-hydrogen) atoms. The molecule has 8 heteroatoms. The summed E-state index contributed by atoms with van der Waals surface area (Å²) >= 11 is 3.22. The number of benzene rings is 2. The van der Waals surface area contributed by atoms with Gasteiger partial charge in [-0.2, -0.15) is 0 Å². The normalized spacial score (nSPS) is 10.9. The van der Waals surface area contributed by atoms with Gasteiger partial charge in [0, 0.05) is 23.2 Å². The van der Waals surface area contributed by atoms with E-state index in [4.69, 9.17) is 9.72 Å². The Bertz CT molecular complexity index is 1170. The lowest BCUT2D eigenvalue weighted by molar-refractivity contribution is 0.288. The van der Waals surface area contributed by atoms with Gasteiger partial charge in [-0.1, -0.05) is 41.6 Å². The average molecular weight is 453 g/mol. The Morgan fingerprint density at radius 3 is 2.81 bits per heavy atom. The van der Waals surface area contributed by atoms with Gasteiger partial charge in [0.15, 0.2) is 11.0 Å². The molecule has 4 aromatic rings. The zero-order valence-corrected chi connectivity index (χ0v) is 18.6. The maximum atomic E-state index is 13.1. The van der Waals surface area contributed by atoms with Crippen LogP contribution >= 0.6 is 23.1 Å². The van der Waals surface area contributed by atoms with E-state index in [-0.39, 0.29) is 12.4 Å². The minimum absolute atomic E-state index is 0.237. The lowest BCUT2D eigenvalue weighted by Crippen LogP contribution is -2.07. The summed E-state index contributed by atoms with van der Waals surface area (Å²) in [4.78, 5) is 4.77. The molecular formula is C23H21FN4OS2. The van der Waals surface area contributed by atoms with Gasteiger partial charge in [-0.3, -0.25) is 4.57 Å². The van der Waals surface area contributed by atoms with Crippen molar-refractivity contribution in [2.45, 2.75) is 31.0 Å². The number of nitrogens with zero attached hydrogens (tertiary/aromatic N) is 4. The SMILES string of the molecule is C=CCn1c(COc2ccc(F)cc2)nnc1SCc1csc(-c2cccc(C)c2)n1. The fourth-order valence-electron chi connectivity index (χ4n) is 2.95. The molecule has 2 aromatic carbocycles. The first kappa shape index (κ1) is 21.3. The van der Waals surface area contributed by atoms with Gasteiger partial charge in [0.05, 0.1) is 5.69 Å². The third-order valence-electron chi connectivity index (χ3n) is 4.45. The lowest BCUT2D eigenvalue weighted by atomic mass is 10.1. The maximum Gasteiger partial charge on any atom is 0.191 e. The first-order chi connectivity index (χ1) is 15.1. The summed E-state index contributed by atoms with van der Waals surface area (Å²) in [6.07, 6.45) is 1.80. The van der Waals surface area contributed by atoms with E-state index in [1.807, 2.05) is 10.6 Å². The molecule has 158 valence electrons. The smallest absolute Gasteiger partial charge is 0.191 e. The minimum Gasteiger partial charge on any atom is -0.486 e. The van der Waals surface area contributed by atoms with E-state index in [2.05, 4.69) is 47.3 Å². The number of rotatable bonds is 9. The number of hydrogen-bond acceptors (Lipinski definition) is 6. The third kappa shape index (κ3) is 5.39. The summed E-state index contributed by atoms with van der Waals surface area (Å²) in [5, 5.41) is 12.5. The number of thioether (sulfide) groups is 1. The standard InChI is InChI=1S/C23H21FN4OS2/c1-3-11-28-21(13-29-20-9-7-18(24)8-10-20)26-27-23(28)31-15-19-14-30-22(25-19)17-6-4-5-16(2)12-17/h3-10,12,14H,1,11,13,15H2,2H3. The van der Waals surface area contributed by atoms with E-state index in [1.54, 1.807) is 41.3 Å². The third-order valence-corrected chi connectivity index (χ3v) is 6.39. The van der Waals surface area contributed by atoms with Crippen LogP contribution in [0.15, 0.2) is 71.7 Å². The summed E-state index contributed by atoms with van der Waals surface area (Å²) in [7, 11) is 0. The fourth-order valence-corrected chi connectivity index (χ4v) is 4.73. The Morgan fingerprint density at radius 2 is 2.03 bits per heavy atom. The van der Waals surface area contributed by atoms with Crippen LogP contribution in [0.2, 0.25) is 0 Å². The van der Waals surface area contributed by atoms with Gasteiger partial charge >= 0.3 is 0 Å². The van der Waals surface area contributed by atoms with Crippen molar-refractivity contribution in [1.82, 2.24) is 19.7 Å². The monoisotopic (exact) mass is 452 g/mol. The molecule has 0 atom stereocenters. The molecule has 5 nitrogen and oxygen atoms in total. The van der Waals surface area contributed by atoms with Crippen molar-refractivity contribution in [2.75, 3.05) is 0 Å². The van der Waals surface area contributed by atoms with Gasteiger partial charge in [-0.15, -0.1) is 28.1 Å². The molecule has 2 heterocycles. The summed E-state index contributed by atoms with van der Waals surface area (Å²) in [6, 6.07) is 14.3. The van der Waals surface area contributed by atoms with Crippen LogP contribution in [0.5, 0.6) is 5.75 Å². The highest BCUT2D eigenvalue weighted by Crippen LogP contribution is 2.28. The second-order valence-corrected chi connectivity index (χ2v) is 8.64. The van der Waals surface area contributed by atoms with Gasteiger partial charge in [-0.05, 0) is 37.3 Å². The van der Waals surface area contributed by atoms with E-state index in [0.717, 1.165) is 21.4 Å². The van der Waals surface area contributed by atoms with Crippen LogP contribution < -0.4 is 4.74 Å². The van der Waals surface area contributed by atoms with Gasteiger partial charge in [0.1, 0.15) is 23.2 Å². The zero-order chi connectivity index (χ0) is 21.6. The molecule has 2 aromatic heterocycles. The van der Waals surface area contributed by atoms with E-state index >= 15 is 0 Å². The molecular weight excluding hydrogens is 431 g/mol. The highest BCUT2D eigenvalue weighted by Gasteiger charge is 2.14.